The lowest BCUT2D eigenvalue weighted by Gasteiger charge is -2.20. The van der Waals surface area contributed by atoms with Crippen LogP contribution in [0.15, 0.2) is 30.5 Å². The summed E-state index contributed by atoms with van der Waals surface area (Å²) in [5, 5.41) is 11.6. The average molecular weight is 344 g/mol. The summed E-state index contributed by atoms with van der Waals surface area (Å²) in [4.78, 5) is 3.71. The molecule has 1 unspecified atom stereocenters. The van der Waals surface area contributed by atoms with Gasteiger partial charge in [0.25, 0.3) is 0 Å². The van der Waals surface area contributed by atoms with Gasteiger partial charge in [0, 0.05) is 13.2 Å². The summed E-state index contributed by atoms with van der Waals surface area (Å²) in [5.74, 6) is -0.243. The largest absolute Gasteiger partial charge is 0.456 e. The van der Waals surface area contributed by atoms with E-state index < -0.39 is 12.3 Å². The molecule has 0 aliphatic heterocycles. The molecule has 0 fully saturated rings. The third-order valence-electron chi connectivity index (χ3n) is 3.01. The standard InChI is InChI=1S/C13H9ClF3N5O/c1-22-11-7(6-9(14)19-20-11)12(21-22)23-10(13(15,16)17)8-4-2-3-5-18-8/h2-6,10H,1H3. The number of ether oxygens (including phenoxy) is 1. The molecule has 0 N–H and O–H groups in total. The fourth-order valence-electron chi connectivity index (χ4n) is 2.02. The van der Waals surface area contributed by atoms with E-state index in [9.17, 15) is 13.2 Å². The Balaban J connectivity index is 2.06. The first-order valence-corrected chi connectivity index (χ1v) is 6.74. The Morgan fingerprint density at radius 2 is 2.04 bits per heavy atom. The van der Waals surface area contributed by atoms with E-state index in [1.165, 1.54) is 42.2 Å². The number of halogens is 4. The highest BCUT2D eigenvalue weighted by molar-refractivity contribution is 6.29. The third kappa shape index (κ3) is 3.04. The molecule has 0 aliphatic rings. The summed E-state index contributed by atoms with van der Waals surface area (Å²) in [6.45, 7) is 0. The zero-order chi connectivity index (χ0) is 16.6. The number of pyridine rings is 1. The van der Waals surface area contributed by atoms with Crippen molar-refractivity contribution in [2.24, 2.45) is 7.05 Å². The molecule has 0 aromatic carbocycles. The maximum absolute atomic E-state index is 13.3. The Morgan fingerprint density at radius 1 is 1.26 bits per heavy atom. The van der Waals surface area contributed by atoms with Crippen LogP contribution in [0.5, 0.6) is 5.88 Å². The first-order chi connectivity index (χ1) is 10.9. The van der Waals surface area contributed by atoms with Gasteiger partial charge in [0.05, 0.1) is 11.1 Å². The molecule has 3 aromatic rings. The highest BCUT2D eigenvalue weighted by atomic mass is 35.5. The van der Waals surface area contributed by atoms with Gasteiger partial charge >= 0.3 is 6.18 Å². The Kier molecular flexibility index (Phi) is 3.80. The van der Waals surface area contributed by atoms with E-state index in [0.717, 1.165) is 0 Å². The lowest BCUT2D eigenvalue weighted by molar-refractivity contribution is -0.199. The second kappa shape index (κ2) is 5.65. The summed E-state index contributed by atoms with van der Waals surface area (Å²) in [6, 6.07) is 5.54. The predicted octanol–water partition coefficient (Wildman–Crippen LogP) is 3.09. The number of nitrogens with zero attached hydrogens (tertiary/aromatic N) is 5. The Morgan fingerprint density at radius 3 is 2.70 bits per heavy atom. The maximum Gasteiger partial charge on any atom is 0.431 e. The SMILES string of the molecule is Cn1nc(OC(c2ccccn2)C(F)(F)F)c2cc(Cl)nnc21. The van der Waals surface area contributed by atoms with Crippen molar-refractivity contribution in [1.29, 1.82) is 0 Å². The lowest BCUT2D eigenvalue weighted by atomic mass is 10.2. The summed E-state index contributed by atoms with van der Waals surface area (Å²) < 4.78 is 46.3. The van der Waals surface area contributed by atoms with Crippen molar-refractivity contribution in [3.63, 3.8) is 0 Å². The summed E-state index contributed by atoms with van der Waals surface area (Å²) in [5.41, 5.74) is -0.0155. The van der Waals surface area contributed by atoms with Gasteiger partial charge in [-0.25, -0.2) is 4.68 Å². The number of aromatic nitrogens is 5. The van der Waals surface area contributed by atoms with Gasteiger partial charge in [0.1, 0.15) is 0 Å². The Hall–Kier alpha value is -2.42. The second-order valence-electron chi connectivity index (χ2n) is 4.63. The highest BCUT2D eigenvalue weighted by Gasteiger charge is 2.44. The zero-order valence-corrected chi connectivity index (χ0v) is 12.4. The van der Waals surface area contributed by atoms with E-state index in [1.807, 2.05) is 0 Å². The van der Waals surface area contributed by atoms with Crippen LogP contribution in [-0.4, -0.2) is 31.1 Å². The smallest absolute Gasteiger partial charge is 0.431 e. The van der Waals surface area contributed by atoms with Crippen molar-refractivity contribution in [3.8, 4) is 5.88 Å². The molecule has 10 heteroatoms. The number of aryl methyl sites for hydroxylation is 1. The first kappa shape index (κ1) is 15.5. The number of hydrogen-bond acceptors (Lipinski definition) is 5. The van der Waals surface area contributed by atoms with Gasteiger partial charge in [-0.05, 0) is 18.2 Å². The van der Waals surface area contributed by atoms with Crippen LogP contribution >= 0.6 is 11.6 Å². The van der Waals surface area contributed by atoms with Gasteiger partial charge in [-0.1, -0.05) is 17.7 Å². The van der Waals surface area contributed by atoms with Crippen molar-refractivity contribution in [3.05, 3.63) is 41.3 Å². The van der Waals surface area contributed by atoms with Crippen LogP contribution in [0.2, 0.25) is 5.15 Å². The predicted molar refractivity (Wildman–Crippen MR) is 75.0 cm³/mol. The molecule has 6 nitrogen and oxygen atoms in total. The molecule has 23 heavy (non-hydrogen) atoms. The van der Waals surface area contributed by atoms with Crippen LogP contribution < -0.4 is 4.74 Å². The van der Waals surface area contributed by atoms with Gasteiger partial charge in [-0.2, -0.15) is 13.2 Å². The van der Waals surface area contributed by atoms with Gasteiger partial charge in [-0.3, -0.25) is 4.98 Å². The Bertz CT molecular complexity index is 837. The van der Waals surface area contributed by atoms with Gasteiger partial charge in [-0.15, -0.1) is 15.3 Å². The fourth-order valence-corrected chi connectivity index (χ4v) is 2.17. The van der Waals surface area contributed by atoms with Crippen molar-refractivity contribution in [2.75, 3.05) is 0 Å². The van der Waals surface area contributed by atoms with Crippen molar-refractivity contribution in [1.82, 2.24) is 25.0 Å². The zero-order valence-electron chi connectivity index (χ0n) is 11.6. The molecule has 0 radical (unpaired) electrons. The summed E-state index contributed by atoms with van der Waals surface area (Å²) in [7, 11) is 1.52. The summed E-state index contributed by atoms with van der Waals surface area (Å²) >= 11 is 5.74. The molecule has 0 aliphatic carbocycles. The first-order valence-electron chi connectivity index (χ1n) is 6.36. The highest BCUT2D eigenvalue weighted by Crippen LogP contribution is 2.37. The molecule has 3 heterocycles. The Labute approximate surface area is 132 Å². The fraction of sp³-hybridized carbons (Fsp3) is 0.231. The van der Waals surface area contributed by atoms with Gasteiger partial charge in [0.2, 0.25) is 12.0 Å². The number of alkyl halides is 3. The number of hydrogen-bond donors (Lipinski definition) is 0. The monoisotopic (exact) mass is 343 g/mol. The van der Waals surface area contributed by atoms with Gasteiger partial charge < -0.3 is 4.74 Å². The van der Waals surface area contributed by atoms with E-state index in [2.05, 4.69) is 20.3 Å². The van der Waals surface area contributed by atoms with Crippen LogP contribution in [0.1, 0.15) is 11.8 Å². The summed E-state index contributed by atoms with van der Waals surface area (Å²) in [6.07, 6.45) is -5.66. The van der Waals surface area contributed by atoms with E-state index in [4.69, 9.17) is 16.3 Å². The van der Waals surface area contributed by atoms with Crippen molar-refractivity contribution < 1.29 is 17.9 Å². The minimum absolute atomic E-state index is 0.0248. The number of fused-ring (bicyclic) bond motifs is 1. The minimum atomic E-state index is -4.66. The molecule has 120 valence electrons. The normalized spacial score (nSPS) is 13.3. The van der Waals surface area contributed by atoms with E-state index in [-0.39, 0.29) is 27.8 Å². The van der Waals surface area contributed by atoms with E-state index >= 15 is 0 Å². The van der Waals surface area contributed by atoms with Crippen LogP contribution in [-0.2, 0) is 7.05 Å². The maximum atomic E-state index is 13.3. The molecule has 0 saturated carbocycles. The molecule has 3 rings (SSSR count). The van der Waals surface area contributed by atoms with Crippen molar-refractivity contribution >= 4 is 22.6 Å². The topological polar surface area (TPSA) is 65.7 Å². The van der Waals surface area contributed by atoms with Crippen LogP contribution in [0.4, 0.5) is 13.2 Å². The minimum Gasteiger partial charge on any atom is -0.456 e. The molecular weight excluding hydrogens is 335 g/mol. The quantitative estimate of drug-likeness (QED) is 0.731. The number of rotatable bonds is 3. The molecule has 3 aromatic heterocycles. The van der Waals surface area contributed by atoms with Crippen LogP contribution in [0.25, 0.3) is 11.0 Å². The van der Waals surface area contributed by atoms with Gasteiger partial charge in [0.15, 0.2) is 10.8 Å². The van der Waals surface area contributed by atoms with E-state index in [1.54, 1.807) is 0 Å². The second-order valence-corrected chi connectivity index (χ2v) is 5.01. The molecule has 1 atom stereocenters. The lowest BCUT2D eigenvalue weighted by Crippen LogP contribution is -2.27. The molecule has 0 amide bonds. The molecule has 0 spiro atoms. The molecule has 0 saturated heterocycles. The molecule has 0 bridgehead atoms. The van der Waals surface area contributed by atoms with Crippen LogP contribution in [0, 0.1) is 0 Å². The van der Waals surface area contributed by atoms with Crippen molar-refractivity contribution in [2.45, 2.75) is 12.3 Å². The van der Waals surface area contributed by atoms with E-state index in [0.29, 0.717) is 0 Å². The van der Waals surface area contributed by atoms with Crippen LogP contribution in [0.3, 0.4) is 0 Å². The molecular formula is C13H9ClF3N5O. The third-order valence-corrected chi connectivity index (χ3v) is 3.19. The average Bonchev–Trinajstić information content (AvgIpc) is 2.80.